The van der Waals surface area contributed by atoms with Crippen molar-refractivity contribution in [1.82, 2.24) is 4.98 Å². The molecule has 0 aromatic carbocycles. The molecule has 0 aliphatic rings. The van der Waals surface area contributed by atoms with Gasteiger partial charge in [0.1, 0.15) is 4.88 Å². The minimum absolute atomic E-state index is 0.384. The van der Waals surface area contributed by atoms with Crippen LogP contribution in [0.3, 0.4) is 0 Å². The van der Waals surface area contributed by atoms with E-state index in [-0.39, 0.29) is 5.97 Å². The van der Waals surface area contributed by atoms with Gasteiger partial charge in [0.2, 0.25) is 0 Å². The number of carbonyl (C=O) groups is 1. The summed E-state index contributed by atoms with van der Waals surface area (Å²) in [5.74, 6) is -0.384. The molecule has 2 N–H and O–H groups in total. The molecule has 0 fully saturated rings. The molecule has 0 saturated carbocycles. The van der Waals surface area contributed by atoms with Gasteiger partial charge in [-0.25, -0.2) is 9.78 Å². The smallest absolute Gasteiger partial charge is 0.350 e. The van der Waals surface area contributed by atoms with Crippen LogP contribution in [0.15, 0.2) is 5.38 Å². The lowest BCUT2D eigenvalue weighted by atomic mass is 10.1. The van der Waals surface area contributed by atoms with E-state index in [1.807, 2.05) is 19.2 Å². The molecule has 0 radical (unpaired) electrons. The standard InChI is InChI=1S/C12H14N2O2S2/c1-4-7-9(13)11(12(15)16-3)18-10(7)8-5-17-6(2)14-8/h5H,4,13H2,1-3H3. The summed E-state index contributed by atoms with van der Waals surface area (Å²) in [7, 11) is 1.36. The predicted molar refractivity (Wildman–Crippen MR) is 75.3 cm³/mol. The number of thiazole rings is 1. The van der Waals surface area contributed by atoms with Gasteiger partial charge >= 0.3 is 5.97 Å². The second-order valence-electron chi connectivity index (χ2n) is 3.75. The SMILES string of the molecule is CCc1c(-c2csc(C)n2)sc(C(=O)OC)c1N. The maximum Gasteiger partial charge on any atom is 0.350 e. The molecule has 0 aliphatic heterocycles. The van der Waals surface area contributed by atoms with Crippen molar-refractivity contribution in [2.75, 3.05) is 12.8 Å². The zero-order valence-corrected chi connectivity index (χ0v) is 12.1. The Morgan fingerprint density at radius 2 is 2.28 bits per heavy atom. The first kappa shape index (κ1) is 13.0. The third-order valence-corrected chi connectivity index (χ3v) is 4.65. The Kier molecular flexibility index (Phi) is 3.68. The Bertz CT molecular complexity index is 587. The van der Waals surface area contributed by atoms with E-state index in [2.05, 4.69) is 4.98 Å². The highest BCUT2D eigenvalue weighted by molar-refractivity contribution is 7.18. The van der Waals surface area contributed by atoms with Crippen molar-refractivity contribution in [3.8, 4) is 10.6 Å². The first-order chi connectivity index (χ1) is 8.58. The van der Waals surface area contributed by atoms with Crippen LogP contribution in [0.25, 0.3) is 10.6 Å². The van der Waals surface area contributed by atoms with E-state index in [0.29, 0.717) is 10.6 Å². The average molecular weight is 282 g/mol. The maximum atomic E-state index is 11.6. The number of hydrogen-bond acceptors (Lipinski definition) is 6. The Hall–Kier alpha value is -1.40. The van der Waals surface area contributed by atoms with Crippen molar-refractivity contribution in [3.63, 3.8) is 0 Å². The van der Waals surface area contributed by atoms with Crippen LogP contribution in [0.2, 0.25) is 0 Å². The van der Waals surface area contributed by atoms with Crippen molar-refractivity contribution in [2.24, 2.45) is 0 Å². The molecule has 0 spiro atoms. The lowest BCUT2D eigenvalue weighted by Crippen LogP contribution is -2.02. The number of nitrogen functional groups attached to an aromatic ring is 1. The van der Waals surface area contributed by atoms with Crippen LogP contribution in [0.5, 0.6) is 0 Å². The van der Waals surface area contributed by atoms with Crippen LogP contribution in [-0.4, -0.2) is 18.1 Å². The molecule has 2 rings (SSSR count). The minimum Gasteiger partial charge on any atom is -0.465 e. The fourth-order valence-corrected chi connectivity index (χ4v) is 3.62. The molecule has 6 heteroatoms. The van der Waals surface area contributed by atoms with Crippen molar-refractivity contribution in [2.45, 2.75) is 20.3 Å². The molecule has 0 atom stereocenters. The van der Waals surface area contributed by atoms with E-state index in [9.17, 15) is 4.79 Å². The molecule has 0 unspecified atom stereocenters. The van der Waals surface area contributed by atoms with Crippen molar-refractivity contribution < 1.29 is 9.53 Å². The minimum atomic E-state index is -0.384. The number of hydrogen-bond donors (Lipinski definition) is 1. The van der Waals surface area contributed by atoms with Gasteiger partial charge in [0, 0.05) is 5.38 Å². The number of nitrogens with zero attached hydrogens (tertiary/aromatic N) is 1. The Morgan fingerprint density at radius 1 is 1.56 bits per heavy atom. The van der Waals surface area contributed by atoms with Crippen molar-refractivity contribution >= 4 is 34.3 Å². The number of thiophene rings is 1. The molecule has 2 heterocycles. The number of methoxy groups -OCH3 is 1. The topological polar surface area (TPSA) is 65.2 Å². The quantitative estimate of drug-likeness (QED) is 0.878. The Balaban J connectivity index is 2.57. The van der Waals surface area contributed by atoms with Crippen LogP contribution in [0.4, 0.5) is 5.69 Å². The third-order valence-electron chi connectivity index (χ3n) is 2.62. The van der Waals surface area contributed by atoms with Gasteiger partial charge in [0.15, 0.2) is 0 Å². The summed E-state index contributed by atoms with van der Waals surface area (Å²) >= 11 is 2.94. The summed E-state index contributed by atoms with van der Waals surface area (Å²) in [5, 5.41) is 2.99. The normalized spacial score (nSPS) is 10.6. The number of esters is 1. The molecule has 0 bridgehead atoms. The second kappa shape index (κ2) is 5.07. The zero-order chi connectivity index (χ0) is 13.3. The molecular formula is C12H14N2O2S2. The largest absolute Gasteiger partial charge is 0.465 e. The number of rotatable bonds is 3. The number of ether oxygens (including phenoxy) is 1. The van der Waals surface area contributed by atoms with Crippen LogP contribution in [0.1, 0.15) is 27.2 Å². The van der Waals surface area contributed by atoms with E-state index in [1.54, 1.807) is 11.3 Å². The predicted octanol–water partition coefficient (Wildman–Crippen LogP) is 3.11. The van der Waals surface area contributed by atoms with Gasteiger partial charge in [-0.15, -0.1) is 22.7 Å². The van der Waals surface area contributed by atoms with E-state index in [1.165, 1.54) is 18.4 Å². The van der Waals surface area contributed by atoms with Gasteiger partial charge in [-0.3, -0.25) is 0 Å². The fourth-order valence-electron chi connectivity index (χ4n) is 1.75. The average Bonchev–Trinajstić information content (AvgIpc) is 2.92. The highest BCUT2D eigenvalue weighted by Gasteiger charge is 2.22. The number of anilines is 1. The first-order valence-electron chi connectivity index (χ1n) is 5.50. The van der Waals surface area contributed by atoms with Gasteiger partial charge < -0.3 is 10.5 Å². The molecule has 18 heavy (non-hydrogen) atoms. The van der Waals surface area contributed by atoms with Crippen LogP contribution < -0.4 is 5.73 Å². The van der Waals surface area contributed by atoms with E-state index < -0.39 is 0 Å². The summed E-state index contributed by atoms with van der Waals surface area (Å²) in [6.45, 7) is 3.97. The van der Waals surface area contributed by atoms with E-state index in [4.69, 9.17) is 10.5 Å². The molecule has 0 saturated heterocycles. The highest BCUT2D eigenvalue weighted by atomic mass is 32.1. The molecule has 96 valence electrons. The van der Waals surface area contributed by atoms with Crippen LogP contribution in [-0.2, 0) is 11.2 Å². The Labute approximate surface area is 113 Å². The van der Waals surface area contributed by atoms with Gasteiger partial charge in [-0.1, -0.05) is 6.92 Å². The molecule has 0 amide bonds. The van der Waals surface area contributed by atoms with Crippen molar-refractivity contribution in [3.05, 3.63) is 20.8 Å². The summed E-state index contributed by atoms with van der Waals surface area (Å²) < 4.78 is 4.74. The van der Waals surface area contributed by atoms with E-state index >= 15 is 0 Å². The molecule has 4 nitrogen and oxygen atoms in total. The second-order valence-corrected chi connectivity index (χ2v) is 5.83. The zero-order valence-electron chi connectivity index (χ0n) is 10.4. The third kappa shape index (κ3) is 2.13. The molecule has 0 aliphatic carbocycles. The molecule has 2 aromatic heterocycles. The highest BCUT2D eigenvalue weighted by Crippen LogP contribution is 2.39. The number of aryl methyl sites for hydroxylation is 1. The monoisotopic (exact) mass is 282 g/mol. The lowest BCUT2D eigenvalue weighted by Gasteiger charge is -1.99. The first-order valence-corrected chi connectivity index (χ1v) is 7.20. The van der Waals surface area contributed by atoms with E-state index in [0.717, 1.165) is 27.6 Å². The number of carbonyl (C=O) groups excluding carboxylic acids is 1. The number of nitrogens with two attached hydrogens (primary N) is 1. The number of aromatic nitrogens is 1. The van der Waals surface area contributed by atoms with Gasteiger partial charge in [0.25, 0.3) is 0 Å². The summed E-state index contributed by atoms with van der Waals surface area (Å²) in [6, 6.07) is 0. The van der Waals surface area contributed by atoms with Crippen molar-refractivity contribution in [1.29, 1.82) is 0 Å². The van der Waals surface area contributed by atoms with Gasteiger partial charge in [-0.05, 0) is 18.9 Å². The lowest BCUT2D eigenvalue weighted by molar-refractivity contribution is 0.0607. The van der Waals surface area contributed by atoms with Crippen LogP contribution in [0, 0.1) is 6.92 Å². The molecular weight excluding hydrogens is 268 g/mol. The maximum absolute atomic E-state index is 11.6. The fraction of sp³-hybridized carbons (Fsp3) is 0.333. The molecule has 2 aromatic rings. The van der Waals surface area contributed by atoms with Gasteiger partial charge in [0.05, 0.1) is 28.4 Å². The van der Waals surface area contributed by atoms with Gasteiger partial charge in [-0.2, -0.15) is 0 Å². The summed E-state index contributed by atoms with van der Waals surface area (Å²) in [5.41, 5.74) is 8.41. The summed E-state index contributed by atoms with van der Waals surface area (Å²) in [4.78, 5) is 17.5. The van der Waals surface area contributed by atoms with Crippen LogP contribution >= 0.6 is 22.7 Å². The Morgan fingerprint density at radius 3 is 2.78 bits per heavy atom. The summed E-state index contributed by atoms with van der Waals surface area (Å²) in [6.07, 6.45) is 0.769.